The largest absolute Gasteiger partial charge is 0.395 e. The molecule has 0 unspecified atom stereocenters. The first-order valence-corrected chi connectivity index (χ1v) is 4.45. The van der Waals surface area contributed by atoms with Crippen LogP contribution in [-0.4, -0.2) is 11.7 Å². The maximum Gasteiger partial charge on any atom is 0.100 e. The van der Waals surface area contributed by atoms with Crippen molar-refractivity contribution in [3.05, 3.63) is 34.3 Å². The fraction of sp³-hybridized carbons (Fsp3) is 0.182. The highest BCUT2D eigenvalue weighted by Gasteiger charge is 1.98. The van der Waals surface area contributed by atoms with Crippen molar-refractivity contribution in [2.24, 2.45) is 0 Å². The third-order valence-electron chi connectivity index (χ3n) is 1.56. The quantitative estimate of drug-likeness (QED) is 0.713. The summed E-state index contributed by atoms with van der Waals surface area (Å²) in [6.45, 7) is 0.0233. The van der Waals surface area contributed by atoms with Crippen molar-refractivity contribution in [3.63, 3.8) is 0 Å². The van der Waals surface area contributed by atoms with Crippen LogP contribution in [0.5, 0.6) is 0 Å². The summed E-state index contributed by atoms with van der Waals surface area (Å²) in [5.74, 6) is 5.53. The van der Waals surface area contributed by atoms with Gasteiger partial charge >= 0.3 is 0 Å². The van der Waals surface area contributed by atoms with E-state index in [1.807, 2.05) is 6.07 Å². The van der Waals surface area contributed by atoms with Crippen molar-refractivity contribution in [2.75, 3.05) is 6.61 Å². The van der Waals surface area contributed by atoms with E-state index >= 15 is 0 Å². The molecule has 2 nitrogen and oxygen atoms in total. The van der Waals surface area contributed by atoms with Crippen LogP contribution in [0.1, 0.15) is 17.5 Å². The first-order valence-electron chi connectivity index (χ1n) is 4.07. The van der Waals surface area contributed by atoms with Crippen molar-refractivity contribution in [2.45, 2.75) is 6.42 Å². The smallest absolute Gasteiger partial charge is 0.100 e. The standard InChI is InChI=1S/C11H8ClNO/c12-11-5-4-10(8-13)9(7-11)3-1-2-6-14/h4-5,7,14H,2,6H2. The Morgan fingerprint density at radius 3 is 2.79 bits per heavy atom. The van der Waals surface area contributed by atoms with E-state index in [-0.39, 0.29) is 6.61 Å². The topological polar surface area (TPSA) is 44.0 Å². The lowest BCUT2D eigenvalue weighted by Crippen LogP contribution is -1.83. The van der Waals surface area contributed by atoms with E-state index in [0.717, 1.165) is 0 Å². The minimum Gasteiger partial charge on any atom is -0.395 e. The molecule has 70 valence electrons. The van der Waals surface area contributed by atoms with Crippen molar-refractivity contribution in [3.8, 4) is 17.9 Å². The summed E-state index contributed by atoms with van der Waals surface area (Å²) in [6, 6.07) is 6.95. The molecular weight excluding hydrogens is 198 g/mol. The van der Waals surface area contributed by atoms with E-state index in [0.29, 0.717) is 22.6 Å². The minimum atomic E-state index is 0.0233. The highest BCUT2D eigenvalue weighted by molar-refractivity contribution is 6.30. The SMILES string of the molecule is N#Cc1ccc(Cl)cc1C#CCCO. The molecule has 1 N–H and O–H groups in total. The Morgan fingerprint density at radius 2 is 2.14 bits per heavy atom. The molecule has 0 fully saturated rings. The van der Waals surface area contributed by atoms with E-state index in [9.17, 15) is 0 Å². The van der Waals surface area contributed by atoms with Crippen LogP contribution in [0.2, 0.25) is 5.02 Å². The first kappa shape index (κ1) is 10.6. The van der Waals surface area contributed by atoms with Gasteiger partial charge in [0, 0.05) is 17.0 Å². The molecule has 0 heterocycles. The molecule has 0 aliphatic heterocycles. The fourth-order valence-corrected chi connectivity index (χ4v) is 1.10. The summed E-state index contributed by atoms with van der Waals surface area (Å²) in [5.41, 5.74) is 1.10. The summed E-state index contributed by atoms with van der Waals surface area (Å²) >= 11 is 5.76. The molecule has 0 atom stereocenters. The molecule has 0 spiro atoms. The summed E-state index contributed by atoms with van der Waals surface area (Å²) in [7, 11) is 0. The fourth-order valence-electron chi connectivity index (χ4n) is 0.931. The zero-order valence-electron chi connectivity index (χ0n) is 7.42. The Bertz CT molecular complexity index is 423. The molecule has 0 radical (unpaired) electrons. The average Bonchev–Trinajstić information content (AvgIpc) is 2.19. The van der Waals surface area contributed by atoms with Crippen molar-refractivity contribution >= 4 is 11.6 Å². The maximum absolute atomic E-state index is 8.76. The molecule has 0 amide bonds. The van der Waals surface area contributed by atoms with Gasteiger partial charge in [0.25, 0.3) is 0 Å². The van der Waals surface area contributed by atoms with Gasteiger partial charge in [0.2, 0.25) is 0 Å². The second-order valence-corrected chi connectivity index (χ2v) is 3.01. The molecule has 0 aromatic heterocycles. The Hall–Kier alpha value is -1.48. The number of nitrogens with zero attached hydrogens (tertiary/aromatic N) is 1. The highest BCUT2D eigenvalue weighted by Crippen LogP contribution is 2.14. The third kappa shape index (κ3) is 2.78. The molecule has 0 saturated carbocycles. The molecular formula is C11H8ClNO. The predicted molar refractivity (Wildman–Crippen MR) is 54.7 cm³/mol. The third-order valence-corrected chi connectivity index (χ3v) is 1.80. The van der Waals surface area contributed by atoms with Gasteiger partial charge < -0.3 is 5.11 Å². The molecule has 1 aromatic carbocycles. The summed E-state index contributed by atoms with van der Waals surface area (Å²) in [5, 5.41) is 17.8. The molecule has 3 heteroatoms. The lowest BCUT2D eigenvalue weighted by Gasteiger charge is -1.95. The molecule has 1 rings (SSSR count). The predicted octanol–water partition coefficient (Wildman–Crippen LogP) is 1.95. The number of rotatable bonds is 1. The van der Waals surface area contributed by atoms with Crippen LogP contribution >= 0.6 is 11.6 Å². The molecule has 0 saturated heterocycles. The molecule has 0 aliphatic rings. The van der Waals surface area contributed by atoms with Crippen LogP contribution in [0.15, 0.2) is 18.2 Å². The van der Waals surface area contributed by atoms with Gasteiger partial charge in [0.15, 0.2) is 0 Å². The van der Waals surface area contributed by atoms with Gasteiger partial charge in [-0.15, -0.1) is 0 Å². The van der Waals surface area contributed by atoms with E-state index in [4.69, 9.17) is 22.0 Å². The normalized spacial score (nSPS) is 8.64. The minimum absolute atomic E-state index is 0.0233. The van der Waals surface area contributed by atoms with Gasteiger partial charge in [-0.2, -0.15) is 5.26 Å². The van der Waals surface area contributed by atoms with Gasteiger partial charge in [-0.1, -0.05) is 23.4 Å². The van der Waals surface area contributed by atoms with Crippen LogP contribution in [0.25, 0.3) is 0 Å². The van der Waals surface area contributed by atoms with Crippen molar-refractivity contribution < 1.29 is 5.11 Å². The number of benzene rings is 1. The lowest BCUT2D eigenvalue weighted by atomic mass is 10.1. The first-order chi connectivity index (χ1) is 6.77. The van der Waals surface area contributed by atoms with Crippen molar-refractivity contribution in [1.29, 1.82) is 5.26 Å². The number of aliphatic hydroxyl groups excluding tert-OH is 1. The van der Waals surface area contributed by atoms with Crippen LogP contribution in [0, 0.1) is 23.2 Å². The Balaban J connectivity index is 3.02. The van der Waals surface area contributed by atoms with Gasteiger partial charge in [0.1, 0.15) is 6.07 Å². The highest BCUT2D eigenvalue weighted by atomic mass is 35.5. The Kier molecular flexibility index (Phi) is 4.01. The molecule has 0 aliphatic carbocycles. The van der Waals surface area contributed by atoms with E-state index < -0.39 is 0 Å². The number of halogens is 1. The van der Waals surface area contributed by atoms with E-state index in [1.165, 1.54) is 0 Å². The van der Waals surface area contributed by atoms with E-state index in [1.54, 1.807) is 18.2 Å². The second-order valence-electron chi connectivity index (χ2n) is 2.58. The van der Waals surface area contributed by atoms with Crippen LogP contribution in [-0.2, 0) is 0 Å². The summed E-state index contributed by atoms with van der Waals surface area (Å²) < 4.78 is 0. The lowest BCUT2D eigenvalue weighted by molar-refractivity contribution is 0.305. The number of hydrogen-bond donors (Lipinski definition) is 1. The van der Waals surface area contributed by atoms with Crippen LogP contribution in [0.3, 0.4) is 0 Å². The van der Waals surface area contributed by atoms with E-state index in [2.05, 4.69) is 11.8 Å². The van der Waals surface area contributed by atoms with Gasteiger partial charge in [-0.05, 0) is 18.2 Å². The molecule has 14 heavy (non-hydrogen) atoms. The summed E-state index contributed by atoms with van der Waals surface area (Å²) in [4.78, 5) is 0. The number of nitriles is 1. The van der Waals surface area contributed by atoms with Gasteiger partial charge in [0.05, 0.1) is 12.2 Å². The Morgan fingerprint density at radius 1 is 1.36 bits per heavy atom. The molecule has 0 bridgehead atoms. The van der Waals surface area contributed by atoms with Gasteiger partial charge in [-0.25, -0.2) is 0 Å². The number of aliphatic hydroxyl groups is 1. The second kappa shape index (κ2) is 5.29. The van der Waals surface area contributed by atoms with Crippen molar-refractivity contribution in [1.82, 2.24) is 0 Å². The number of hydrogen-bond acceptors (Lipinski definition) is 2. The van der Waals surface area contributed by atoms with Gasteiger partial charge in [-0.3, -0.25) is 0 Å². The average molecular weight is 206 g/mol. The zero-order valence-corrected chi connectivity index (χ0v) is 8.17. The monoisotopic (exact) mass is 205 g/mol. The summed E-state index contributed by atoms with van der Waals surface area (Å²) in [6.07, 6.45) is 0.400. The zero-order chi connectivity index (χ0) is 10.4. The molecule has 1 aromatic rings. The van der Waals surface area contributed by atoms with Crippen LogP contribution in [0.4, 0.5) is 0 Å². The maximum atomic E-state index is 8.76. The van der Waals surface area contributed by atoms with Crippen LogP contribution < -0.4 is 0 Å². The Labute approximate surface area is 87.7 Å².